The molecule has 1 amide bonds. The molecule has 112 valence electrons. The maximum atomic E-state index is 13.0. The van der Waals surface area contributed by atoms with E-state index in [1.165, 1.54) is 31.2 Å². The summed E-state index contributed by atoms with van der Waals surface area (Å²) in [5.41, 5.74) is 4.43. The molecule has 0 fully saturated rings. The maximum Gasteiger partial charge on any atom is 0.416 e. The number of carbonyl (C=O) groups is 1. The fourth-order valence-electron chi connectivity index (χ4n) is 1.93. The van der Waals surface area contributed by atoms with Crippen LogP contribution >= 0.6 is 11.3 Å². The quantitative estimate of drug-likeness (QED) is 0.927. The summed E-state index contributed by atoms with van der Waals surface area (Å²) < 4.78 is 44.4. The third-order valence-electron chi connectivity index (χ3n) is 2.86. The van der Waals surface area contributed by atoms with Gasteiger partial charge in [0, 0.05) is 5.56 Å². The first-order chi connectivity index (χ1) is 9.80. The van der Waals surface area contributed by atoms with Crippen molar-refractivity contribution in [3.8, 4) is 5.75 Å². The number of hydrogen-bond donors (Lipinski definition) is 1. The van der Waals surface area contributed by atoms with Gasteiger partial charge in [0.25, 0.3) is 5.91 Å². The van der Waals surface area contributed by atoms with Gasteiger partial charge in [-0.1, -0.05) is 18.2 Å². The Labute approximate surface area is 123 Å². The largest absolute Gasteiger partial charge is 0.484 e. The molecule has 2 aromatic rings. The molecule has 0 aliphatic carbocycles. The number of alkyl halides is 3. The number of benzene rings is 1. The third-order valence-corrected chi connectivity index (χ3v) is 3.77. The topological polar surface area (TPSA) is 52.3 Å². The first-order valence-electron chi connectivity index (χ1n) is 6.00. The van der Waals surface area contributed by atoms with Crippen molar-refractivity contribution >= 4 is 17.2 Å². The molecule has 21 heavy (non-hydrogen) atoms. The molecule has 1 heterocycles. The van der Waals surface area contributed by atoms with Crippen molar-refractivity contribution < 1.29 is 22.7 Å². The summed E-state index contributed by atoms with van der Waals surface area (Å²) in [6.45, 7) is 1.49. The van der Waals surface area contributed by atoms with E-state index in [-0.39, 0.29) is 16.2 Å². The van der Waals surface area contributed by atoms with Crippen LogP contribution in [0.25, 0.3) is 0 Å². The summed E-state index contributed by atoms with van der Waals surface area (Å²) in [5, 5.41) is 1.60. The average Bonchev–Trinajstić information content (AvgIpc) is 2.86. The van der Waals surface area contributed by atoms with Gasteiger partial charge in [0.2, 0.25) is 0 Å². The van der Waals surface area contributed by atoms with Crippen molar-refractivity contribution in [3.05, 3.63) is 51.7 Å². The molecule has 3 nitrogen and oxygen atoms in total. The highest BCUT2D eigenvalue weighted by Gasteiger charge is 2.34. The minimum atomic E-state index is -4.46. The van der Waals surface area contributed by atoms with Crippen LogP contribution in [0.2, 0.25) is 0 Å². The Bertz CT molecular complexity index is 652. The van der Waals surface area contributed by atoms with E-state index in [1.807, 2.05) is 0 Å². The molecule has 2 rings (SSSR count). The zero-order valence-electron chi connectivity index (χ0n) is 11.0. The number of rotatable bonds is 4. The molecule has 2 N–H and O–H groups in total. The van der Waals surface area contributed by atoms with Gasteiger partial charge < -0.3 is 10.5 Å². The van der Waals surface area contributed by atoms with Gasteiger partial charge in [0.1, 0.15) is 16.7 Å². The van der Waals surface area contributed by atoms with Gasteiger partial charge in [0.15, 0.2) is 0 Å². The van der Waals surface area contributed by atoms with Crippen molar-refractivity contribution in [1.82, 2.24) is 0 Å². The van der Waals surface area contributed by atoms with Crippen LogP contribution in [0.4, 0.5) is 13.2 Å². The number of primary amides is 1. The van der Waals surface area contributed by atoms with Gasteiger partial charge in [-0.25, -0.2) is 0 Å². The molecule has 1 aromatic carbocycles. The second-order valence-electron chi connectivity index (χ2n) is 4.32. The van der Waals surface area contributed by atoms with Crippen molar-refractivity contribution in [2.24, 2.45) is 5.73 Å². The number of amides is 1. The minimum Gasteiger partial charge on any atom is -0.484 e. The fourth-order valence-corrected chi connectivity index (χ4v) is 2.61. The van der Waals surface area contributed by atoms with Gasteiger partial charge >= 0.3 is 6.18 Å². The zero-order valence-corrected chi connectivity index (χ0v) is 11.8. The van der Waals surface area contributed by atoms with Crippen molar-refractivity contribution in [3.63, 3.8) is 0 Å². The summed E-state index contributed by atoms with van der Waals surface area (Å²) in [6, 6.07) is 6.69. The molecule has 1 aromatic heterocycles. The number of halogens is 3. The molecule has 0 bridgehead atoms. The van der Waals surface area contributed by atoms with E-state index in [2.05, 4.69) is 0 Å². The molecule has 1 atom stereocenters. The average molecular weight is 315 g/mol. The Hall–Kier alpha value is -2.02. The smallest absolute Gasteiger partial charge is 0.416 e. The molecular formula is C14H12F3NO2S. The second-order valence-corrected chi connectivity index (χ2v) is 5.24. The first-order valence-corrected chi connectivity index (χ1v) is 6.88. The number of thiophene rings is 1. The van der Waals surface area contributed by atoms with Crippen LogP contribution in [0.5, 0.6) is 5.75 Å². The summed E-state index contributed by atoms with van der Waals surface area (Å²) in [7, 11) is 0. The number of carbonyl (C=O) groups excluding carboxylic acids is 1. The lowest BCUT2D eigenvalue weighted by Gasteiger charge is -2.19. The fraction of sp³-hybridized carbons (Fsp3) is 0.214. The van der Waals surface area contributed by atoms with Crippen LogP contribution in [0, 0.1) is 0 Å². The van der Waals surface area contributed by atoms with Crippen LogP contribution < -0.4 is 10.5 Å². The predicted octanol–water partition coefficient (Wildman–Crippen LogP) is 4.01. The Morgan fingerprint density at radius 1 is 1.29 bits per heavy atom. The van der Waals surface area contributed by atoms with E-state index in [0.29, 0.717) is 0 Å². The van der Waals surface area contributed by atoms with E-state index in [4.69, 9.17) is 10.5 Å². The maximum absolute atomic E-state index is 13.0. The van der Waals surface area contributed by atoms with Crippen molar-refractivity contribution in [2.45, 2.75) is 19.2 Å². The Kier molecular flexibility index (Phi) is 4.22. The Morgan fingerprint density at radius 2 is 1.95 bits per heavy atom. The second kappa shape index (κ2) is 5.77. The van der Waals surface area contributed by atoms with Crippen molar-refractivity contribution in [1.29, 1.82) is 0 Å². The first kappa shape index (κ1) is 15.4. The van der Waals surface area contributed by atoms with Crippen LogP contribution in [0.15, 0.2) is 35.7 Å². The highest BCUT2D eigenvalue weighted by Crippen LogP contribution is 2.36. The van der Waals surface area contributed by atoms with E-state index in [1.54, 1.807) is 5.38 Å². The van der Waals surface area contributed by atoms with Crippen molar-refractivity contribution in [2.75, 3.05) is 0 Å². The SMILES string of the molecule is C[C@@H](Oc1ccsc1C(N)=O)c1ccccc1C(F)(F)F. The van der Waals surface area contributed by atoms with Gasteiger partial charge in [-0.15, -0.1) is 11.3 Å². The van der Waals surface area contributed by atoms with Gasteiger partial charge in [-0.3, -0.25) is 4.79 Å². The predicted molar refractivity (Wildman–Crippen MR) is 73.3 cm³/mol. The molecule has 0 saturated heterocycles. The summed E-state index contributed by atoms with van der Waals surface area (Å²) >= 11 is 1.08. The van der Waals surface area contributed by atoms with E-state index >= 15 is 0 Å². The highest BCUT2D eigenvalue weighted by molar-refractivity contribution is 7.12. The van der Waals surface area contributed by atoms with E-state index < -0.39 is 23.8 Å². The number of ether oxygens (including phenoxy) is 1. The van der Waals surface area contributed by atoms with Crippen LogP contribution in [0.1, 0.15) is 33.8 Å². The van der Waals surface area contributed by atoms with E-state index in [0.717, 1.165) is 17.4 Å². The Balaban J connectivity index is 2.31. The van der Waals surface area contributed by atoms with Gasteiger partial charge in [-0.05, 0) is 24.4 Å². The molecule has 0 aliphatic rings. The molecular weight excluding hydrogens is 303 g/mol. The third kappa shape index (κ3) is 3.36. The summed E-state index contributed by atoms with van der Waals surface area (Å²) in [4.78, 5) is 11.4. The molecule has 0 unspecified atom stereocenters. The number of hydrogen-bond acceptors (Lipinski definition) is 3. The van der Waals surface area contributed by atoms with Crippen LogP contribution in [-0.4, -0.2) is 5.91 Å². The lowest BCUT2D eigenvalue weighted by molar-refractivity contribution is -0.138. The summed E-state index contributed by atoms with van der Waals surface area (Å²) in [6.07, 6.45) is -5.33. The Morgan fingerprint density at radius 3 is 2.57 bits per heavy atom. The lowest BCUT2D eigenvalue weighted by atomic mass is 10.0. The molecule has 0 spiro atoms. The standard InChI is InChI=1S/C14H12F3NO2S/c1-8(20-11-6-7-21-12(11)13(18)19)9-4-2-3-5-10(9)14(15,16)17/h2-8H,1H3,(H2,18,19)/t8-/m1/s1. The summed E-state index contributed by atoms with van der Waals surface area (Å²) in [5.74, 6) is -0.478. The van der Waals surface area contributed by atoms with Gasteiger partial charge in [-0.2, -0.15) is 13.2 Å². The van der Waals surface area contributed by atoms with Gasteiger partial charge in [0.05, 0.1) is 5.56 Å². The van der Waals surface area contributed by atoms with Crippen LogP contribution in [0.3, 0.4) is 0 Å². The normalized spacial score (nSPS) is 13.0. The minimum absolute atomic E-state index is 0.00613. The monoisotopic (exact) mass is 315 g/mol. The molecule has 0 aliphatic heterocycles. The molecule has 0 radical (unpaired) electrons. The van der Waals surface area contributed by atoms with E-state index in [9.17, 15) is 18.0 Å². The highest BCUT2D eigenvalue weighted by atomic mass is 32.1. The molecule has 7 heteroatoms. The number of nitrogens with two attached hydrogens (primary N) is 1. The zero-order chi connectivity index (χ0) is 15.6. The lowest BCUT2D eigenvalue weighted by Crippen LogP contribution is -2.15. The van der Waals surface area contributed by atoms with Crippen LogP contribution in [-0.2, 0) is 6.18 Å². The molecule has 0 saturated carbocycles.